The van der Waals surface area contributed by atoms with Crippen LogP contribution in [0.25, 0.3) is 11.1 Å². The molecule has 0 saturated carbocycles. The number of ether oxygens (including phenoxy) is 2. The number of hydrogen-bond acceptors (Lipinski definition) is 5. The fraction of sp³-hybridized carbons (Fsp3) is 0.200. The van der Waals surface area contributed by atoms with Crippen molar-refractivity contribution in [3.05, 3.63) is 185 Å². The molecule has 0 fully saturated rings. The largest absolute Gasteiger partial charge is 0.508 e. The van der Waals surface area contributed by atoms with Gasteiger partial charge in [-0.15, -0.1) is 0 Å². The Kier molecular flexibility index (Phi) is 10.4. The summed E-state index contributed by atoms with van der Waals surface area (Å²) in [6, 6.07) is 49.5. The van der Waals surface area contributed by atoms with Gasteiger partial charge in [0.25, 0.3) is 0 Å². The molecule has 1 aliphatic carbocycles. The highest BCUT2D eigenvalue weighted by molar-refractivity contribution is 5.86. The van der Waals surface area contributed by atoms with Gasteiger partial charge in [-0.1, -0.05) is 129 Å². The van der Waals surface area contributed by atoms with Gasteiger partial charge >= 0.3 is 0 Å². The second kappa shape index (κ2) is 15.0. The quantitative estimate of drug-likeness (QED) is 0.136. The SMILES string of the molecule is Cc1ccc(C(C)(C)c2ccc(O)cc2)cc1.OCCOc1ccc(C2(c3ccc(OCCO)cc3)c3ccccc3-c3ccccc32)cc1. The smallest absolute Gasteiger partial charge is 0.119 e. The Morgan fingerprint density at radius 2 is 0.920 bits per heavy atom. The van der Waals surface area contributed by atoms with E-state index in [9.17, 15) is 5.11 Å². The molecular weight excluding hydrogens is 620 g/mol. The molecule has 0 aliphatic heterocycles. The Bertz CT molecular complexity index is 1850. The molecule has 3 N–H and O–H groups in total. The summed E-state index contributed by atoms with van der Waals surface area (Å²) in [5.74, 6) is 1.78. The third-order valence-corrected chi connectivity index (χ3v) is 9.61. The summed E-state index contributed by atoms with van der Waals surface area (Å²) in [4.78, 5) is 0. The van der Waals surface area contributed by atoms with Crippen LogP contribution in [0.1, 0.15) is 52.8 Å². The number of rotatable bonds is 10. The van der Waals surface area contributed by atoms with Gasteiger partial charge in [-0.25, -0.2) is 0 Å². The topological polar surface area (TPSA) is 79.2 Å². The molecule has 254 valence electrons. The van der Waals surface area contributed by atoms with E-state index < -0.39 is 5.41 Å². The highest BCUT2D eigenvalue weighted by atomic mass is 16.5. The van der Waals surface area contributed by atoms with Gasteiger partial charge in [-0.2, -0.15) is 0 Å². The van der Waals surface area contributed by atoms with Crippen LogP contribution in [0.5, 0.6) is 17.2 Å². The third kappa shape index (κ3) is 6.75. The van der Waals surface area contributed by atoms with E-state index >= 15 is 0 Å². The van der Waals surface area contributed by atoms with Crippen molar-refractivity contribution < 1.29 is 24.8 Å². The Hall–Kier alpha value is -5.36. The zero-order chi connectivity index (χ0) is 35.1. The van der Waals surface area contributed by atoms with Crippen molar-refractivity contribution in [3.63, 3.8) is 0 Å². The van der Waals surface area contributed by atoms with Crippen LogP contribution in [-0.4, -0.2) is 41.7 Å². The predicted molar refractivity (Wildman–Crippen MR) is 200 cm³/mol. The van der Waals surface area contributed by atoms with E-state index in [1.807, 2.05) is 36.4 Å². The van der Waals surface area contributed by atoms with Crippen molar-refractivity contribution in [2.24, 2.45) is 0 Å². The van der Waals surface area contributed by atoms with E-state index in [0.29, 0.717) is 5.75 Å². The second-order valence-corrected chi connectivity index (χ2v) is 13.1. The van der Waals surface area contributed by atoms with Gasteiger partial charge in [-0.3, -0.25) is 0 Å². The van der Waals surface area contributed by atoms with Gasteiger partial charge < -0.3 is 24.8 Å². The Morgan fingerprint density at radius 3 is 1.34 bits per heavy atom. The van der Waals surface area contributed by atoms with E-state index in [0.717, 1.165) is 22.6 Å². The van der Waals surface area contributed by atoms with E-state index in [1.54, 1.807) is 12.1 Å². The van der Waals surface area contributed by atoms with E-state index in [-0.39, 0.29) is 31.8 Å². The van der Waals surface area contributed by atoms with Gasteiger partial charge in [0.15, 0.2) is 0 Å². The number of aliphatic hydroxyl groups is 2. The van der Waals surface area contributed by atoms with Crippen LogP contribution in [-0.2, 0) is 10.8 Å². The molecule has 50 heavy (non-hydrogen) atoms. The van der Waals surface area contributed by atoms with Crippen molar-refractivity contribution in [2.75, 3.05) is 26.4 Å². The van der Waals surface area contributed by atoms with E-state index in [1.165, 1.54) is 38.9 Å². The zero-order valence-corrected chi connectivity index (χ0v) is 28.8. The molecule has 0 radical (unpaired) electrons. The van der Waals surface area contributed by atoms with Crippen molar-refractivity contribution in [2.45, 2.75) is 31.6 Å². The number of aryl methyl sites for hydroxylation is 1. The van der Waals surface area contributed by atoms with Gasteiger partial charge in [0, 0.05) is 5.41 Å². The summed E-state index contributed by atoms with van der Waals surface area (Å²) in [5.41, 5.74) is 10.4. The van der Waals surface area contributed by atoms with Crippen molar-refractivity contribution in [1.29, 1.82) is 0 Å². The first-order chi connectivity index (χ1) is 24.3. The number of phenolic OH excluding ortho intramolecular Hbond substituents is 1. The Morgan fingerprint density at radius 1 is 0.520 bits per heavy atom. The highest BCUT2D eigenvalue weighted by Gasteiger charge is 2.45. The molecule has 6 aromatic rings. The summed E-state index contributed by atoms with van der Waals surface area (Å²) < 4.78 is 11.2. The molecule has 5 heteroatoms. The van der Waals surface area contributed by atoms with Crippen molar-refractivity contribution in [3.8, 4) is 28.4 Å². The van der Waals surface area contributed by atoms with Crippen LogP contribution in [0.3, 0.4) is 0 Å². The normalized spacial score (nSPS) is 12.7. The zero-order valence-electron chi connectivity index (χ0n) is 28.8. The first-order valence-corrected chi connectivity index (χ1v) is 17.0. The molecule has 7 rings (SSSR count). The maximum absolute atomic E-state index is 9.33. The van der Waals surface area contributed by atoms with Crippen LogP contribution >= 0.6 is 0 Å². The predicted octanol–water partition coefficient (Wildman–Crippen LogP) is 8.82. The van der Waals surface area contributed by atoms with Gasteiger partial charge in [-0.05, 0) is 87.8 Å². The summed E-state index contributed by atoms with van der Waals surface area (Å²) in [6.45, 7) is 7.00. The first kappa shape index (κ1) is 34.5. The molecule has 0 amide bonds. The fourth-order valence-electron chi connectivity index (χ4n) is 6.97. The molecule has 0 bridgehead atoms. The molecule has 1 aliphatic rings. The van der Waals surface area contributed by atoms with Gasteiger partial charge in [0.1, 0.15) is 30.5 Å². The average Bonchev–Trinajstić information content (AvgIpc) is 3.45. The summed E-state index contributed by atoms with van der Waals surface area (Å²) in [7, 11) is 0. The number of fused-ring (bicyclic) bond motifs is 3. The maximum atomic E-state index is 9.33. The standard InChI is InChI=1S/C29H26O4.C16H18O/c30-17-19-32-23-13-9-21(10-14-23)29(22-11-15-24(16-12-22)33-20-18-31)27-7-3-1-5-25(27)26-6-2-4-8-28(26)29;1-12-4-6-13(7-5-12)16(2,3)14-8-10-15(17)11-9-14/h1-16,30-31H,17-20H2;4-11,17H,1-3H3. The molecule has 0 atom stereocenters. The Balaban J connectivity index is 0.000000214. The number of phenols is 1. The molecule has 0 saturated heterocycles. The van der Waals surface area contributed by atoms with Crippen LogP contribution < -0.4 is 9.47 Å². The minimum absolute atomic E-state index is 0.0167. The summed E-state index contributed by atoms with van der Waals surface area (Å²) in [6.07, 6.45) is 0. The van der Waals surface area contributed by atoms with Crippen LogP contribution in [0.15, 0.2) is 146 Å². The minimum atomic E-state index is -0.488. The van der Waals surface area contributed by atoms with Crippen molar-refractivity contribution >= 4 is 0 Å². The number of benzene rings is 6. The van der Waals surface area contributed by atoms with E-state index in [2.05, 4.69) is 118 Å². The van der Waals surface area contributed by atoms with E-state index in [4.69, 9.17) is 19.7 Å². The lowest BCUT2D eigenvalue weighted by atomic mass is 9.68. The highest BCUT2D eigenvalue weighted by Crippen LogP contribution is 2.56. The minimum Gasteiger partial charge on any atom is -0.508 e. The molecular formula is C45H44O5. The first-order valence-electron chi connectivity index (χ1n) is 17.0. The molecule has 0 aromatic heterocycles. The molecule has 0 spiro atoms. The monoisotopic (exact) mass is 664 g/mol. The Labute approximate surface area is 295 Å². The van der Waals surface area contributed by atoms with Crippen LogP contribution in [0.4, 0.5) is 0 Å². The summed E-state index contributed by atoms with van der Waals surface area (Å²) in [5, 5.41) is 27.5. The lowest BCUT2D eigenvalue weighted by Gasteiger charge is -2.34. The fourth-order valence-corrected chi connectivity index (χ4v) is 6.97. The molecule has 5 nitrogen and oxygen atoms in total. The number of hydrogen-bond donors (Lipinski definition) is 3. The van der Waals surface area contributed by atoms with Gasteiger partial charge in [0.05, 0.1) is 18.6 Å². The van der Waals surface area contributed by atoms with Gasteiger partial charge in [0.2, 0.25) is 0 Å². The summed E-state index contributed by atoms with van der Waals surface area (Å²) >= 11 is 0. The third-order valence-electron chi connectivity index (χ3n) is 9.61. The number of aliphatic hydroxyl groups excluding tert-OH is 2. The lowest BCUT2D eigenvalue weighted by molar-refractivity contribution is 0.201. The average molecular weight is 665 g/mol. The molecule has 0 heterocycles. The second-order valence-electron chi connectivity index (χ2n) is 13.1. The lowest BCUT2D eigenvalue weighted by Crippen LogP contribution is -2.28. The van der Waals surface area contributed by atoms with Crippen LogP contribution in [0.2, 0.25) is 0 Å². The molecule has 6 aromatic carbocycles. The van der Waals surface area contributed by atoms with Crippen molar-refractivity contribution in [1.82, 2.24) is 0 Å². The molecule has 0 unspecified atom stereocenters. The van der Waals surface area contributed by atoms with Crippen LogP contribution in [0, 0.1) is 6.92 Å². The number of aromatic hydroxyl groups is 1. The maximum Gasteiger partial charge on any atom is 0.119 e.